The third kappa shape index (κ3) is 1.52. The molecule has 70 valence electrons. The molecule has 2 heterocycles. The lowest BCUT2D eigenvalue weighted by Gasteiger charge is -1.98. The number of hydrogen-bond donors (Lipinski definition) is 1. The highest BCUT2D eigenvalue weighted by Gasteiger charge is 2.14. The van der Waals surface area contributed by atoms with Crippen LogP contribution in [0.3, 0.4) is 0 Å². The first-order valence-corrected chi connectivity index (χ1v) is 4.31. The van der Waals surface area contributed by atoms with E-state index in [0.717, 1.165) is 0 Å². The van der Waals surface area contributed by atoms with Crippen molar-refractivity contribution in [2.24, 2.45) is 0 Å². The molecule has 0 radical (unpaired) electrons. The Morgan fingerprint density at radius 3 is 2.79 bits per heavy atom. The van der Waals surface area contributed by atoms with Gasteiger partial charge in [0.15, 0.2) is 5.15 Å². The highest BCUT2D eigenvalue weighted by Crippen LogP contribution is 2.12. The minimum atomic E-state index is -0.256. The summed E-state index contributed by atoms with van der Waals surface area (Å²) in [6, 6.07) is 3.39. The van der Waals surface area contributed by atoms with Gasteiger partial charge in [-0.25, -0.2) is 9.97 Å². The Labute approximate surface area is 85.0 Å². The van der Waals surface area contributed by atoms with Crippen molar-refractivity contribution < 1.29 is 4.79 Å². The molecule has 2 aromatic rings. The summed E-state index contributed by atoms with van der Waals surface area (Å²) in [5, 5.41) is 0.118. The summed E-state index contributed by atoms with van der Waals surface area (Å²) in [5.41, 5.74) is 0.615. The van der Waals surface area contributed by atoms with Crippen LogP contribution in [-0.4, -0.2) is 20.7 Å². The van der Waals surface area contributed by atoms with Gasteiger partial charge >= 0.3 is 0 Å². The SMILES string of the molecule is O=C(c1ccc[nH]1)c1nccnc1Cl. The van der Waals surface area contributed by atoms with E-state index in [0.29, 0.717) is 5.69 Å². The van der Waals surface area contributed by atoms with E-state index in [1.165, 1.54) is 12.4 Å². The Balaban J connectivity index is 2.42. The van der Waals surface area contributed by atoms with Crippen molar-refractivity contribution in [3.8, 4) is 0 Å². The molecule has 14 heavy (non-hydrogen) atoms. The molecule has 0 aliphatic heterocycles. The van der Waals surface area contributed by atoms with E-state index in [9.17, 15) is 4.79 Å². The Hall–Kier alpha value is -1.68. The van der Waals surface area contributed by atoms with Crippen molar-refractivity contribution in [2.45, 2.75) is 0 Å². The van der Waals surface area contributed by atoms with Crippen molar-refractivity contribution in [3.05, 3.63) is 47.3 Å². The molecule has 0 atom stereocenters. The fourth-order valence-corrected chi connectivity index (χ4v) is 1.26. The second kappa shape index (κ2) is 3.59. The molecule has 2 aromatic heterocycles. The molecule has 0 saturated heterocycles. The fourth-order valence-electron chi connectivity index (χ4n) is 1.07. The van der Waals surface area contributed by atoms with Gasteiger partial charge in [0.05, 0.1) is 5.69 Å². The molecule has 0 fully saturated rings. The molecule has 1 N–H and O–H groups in total. The van der Waals surface area contributed by atoms with E-state index in [2.05, 4.69) is 15.0 Å². The number of nitrogens with zero attached hydrogens (tertiary/aromatic N) is 2. The second-order valence-corrected chi connectivity index (χ2v) is 2.97. The summed E-state index contributed by atoms with van der Waals surface area (Å²) in [5.74, 6) is -0.256. The van der Waals surface area contributed by atoms with Gasteiger partial charge in [0.1, 0.15) is 5.69 Å². The van der Waals surface area contributed by atoms with Gasteiger partial charge in [0, 0.05) is 18.6 Å². The predicted octanol–water partition coefficient (Wildman–Crippen LogP) is 1.69. The summed E-state index contributed by atoms with van der Waals surface area (Å²) in [4.78, 5) is 22.1. The molecule has 4 nitrogen and oxygen atoms in total. The van der Waals surface area contributed by atoms with Crippen molar-refractivity contribution in [1.29, 1.82) is 0 Å². The number of carbonyl (C=O) groups is 1. The van der Waals surface area contributed by atoms with Gasteiger partial charge in [-0.2, -0.15) is 0 Å². The van der Waals surface area contributed by atoms with E-state index in [4.69, 9.17) is 11.6 Å². The zero-order valence-corrected chi connectivity index (χ0v) is 7.82. The lowest BCUT2D eigenvalue weighted by molar-refractivity contribution is 0.103. The van der Waals surface area contributed by atoms with Gasteiger partial charge in [-0.15, -0.1) is 0 Å². The number of aromatic amines is 1. The molecular formula is C9H6ClN3O. The summed E-state index contributed by atoms with van der Waals surface area (Å²) in [6.45, 7) is 0. The number of hydrogen-bond acceptors (Lipinski definition) is 3. The molecule has 5 heteroatoms. The van der Waals surface area contributed by atoms with Crippen LogP contribution in [-0.2, 0) is 0 Å². The van der Waals surface area contributed by atoms with Gasteiger partial charge in [-0.1, -0.05) is 11.6 Å². The number of ketones is 1. The maximum Gasteiger partial charge on any atom is 0.230 e. The number of halogens is 1. The highest BCUT2D eigenvalue weighted by atomic mass is 35.5. The topological polar surface area (TPSA) is 58.6 Å². The van der Waals surface area contributed by atoms with Gasteiger partial charge in [-0.05, 0) is 12.1 Å². The van der Waals surface area contributed by atoms with E-state index < -0.39 is 0 Å². The van der Waals surface area contributed by atoms with Gasteiger partial charge < -0.3 is 4.98 Å². The summed E-state index contributed by atoms with van der Waals surface area (Å²) < 4.78 is 0. The molecule has 0 unspecified atom stereocenters. The molecular weight excluding hydrogens is 202 g/mol. The molecule has 0 spiro atoms. The zero-order chi connectivity index (χ0) is 9.97. The van der Waals surface area contributed by atoms with Gasteiger partial charge in [0.2, 0.25) is 5.78 Å². The number of nitrogens with one attached hydrogen (secondary N) is 1. The molecule has 0 saturated carbocycles. The summed E-state index contributed by atoms with van der Waals surface area (Å²) in [6.07, 6.45) is 4.54. The Morgan fingerprint density at radius 2 is 2.14 bits per heavy atom. The summed E-state index contributed by atoms with van der Waals surface area (Å²) >= 11 is 5.73. The number of rotatable bonds is 2. The van der Waals surface area contributed by atoms with Crippen molar-refractivity contribution in [2.75, 3.05) is 0 Å². The van der Waals surface area contributed by atoms with Crippen LogP contribution in [0.4, 0.5) is 0 Å². The predicted molar refractivity (Wildman–Crippen MR) is 51.3 cm³/mol. The quantitative estimate of drug-likeness (QED) is 0.763. The monoisotopic (exact) mass is 207 g/mol. The molecule has 0 amide bonds. The second-order valence-electron chi connectivity index (χ2n) is 2.61. The first kappa shape index (κ1) is 8.90. The summed E-state index contributed by atoms with van der Waals surface area (Å²) in [7, 11) is 0. The van der Waals surface area contributed by atoms with Crippen molar-refractivity contribution >= 4 is 17.4 Å². The first-order valence-electron chi connectivity index (χ1n) is 3.93. The maximum atomic E-state index is 11.7. The lowest BCUT2D eigenvalue weighted by Crippen LogP contribution is -2.05. The Kier molecular flexibility index (Phi) is 2.28. The molecule has 0 bridgehead atoms. The van der Waals surface area contributed by atoms with Crippen LogP contribution in [0, 0.1) is 0 Å². The minimum Gasteiger partial charge on any atom is -0.358 e. The molecule has 0 aliphatic rings. The molecule has 0 aromatic carbocycles. The van der Waals surface area contributed by atoms with Crippen LogP contribution in [0.2, 0.25) is 5.15 Å². The Bertz CT molecular complexity index is 453. The van der Waals surface area contributed by atoms with E-state index >= 15 is 0 Å². The van der Waals surface area contributed by atoms with Crippen LogP contribution in [0.15, 0.2) is 30.7 Å². The van der Waals surface area contributed by atoms with Gasteiger partial charge in [-0.3, -0.25) is 4.79 Å². The Morgan fingerprint density at radius 1 is 1.36 bits per heavy atom. The third-order valence-electron chi connectivity index (χ3n) is 1.71. The average Bonchev–Trinajstić information content (AvgIpc) is 2.70. The molecule has 0 aliphatic carbocycles. The normalized spacial score (nSPS) is 10.1. The van der Waals surface area contributed by atoms with E-state index in [1.807, 2.05) is 0 Å². The van der Waals surface area contributed by atoms with Crippen molar-refractivity contribution in [3.63, 3.8) is 0 Å². The van der Waals surface area contributed by atoms with Crippen LogP contribution in [0.1, 0.15) is 16.2 Å². The van der Waals surface area contributed by atoms with Crippen LogP contribution in [0.25, 0.3) is 0 Å². The zero-order valence-electron chi connectivity index (χ0n) is 7.07. The smallest absolute Gasteiger partial charge is 0.230 e. The first-order chi connectivity index (χ1) is 6.79. The minimum absolute atomic E-state index is 0.118. The lowest BCUT2D eigenvalue weighted by atomic mass is 10.2. The highest BCUT2D eigenvalue weighted by molar-refractivity contribution is 6.33. The maximum absolute atomic E-state index is 11.7. The van der Waals surface area contributed by atoms with Gasteiger partial charge in [0.25, 0.3) is 0 Å². The number of carbonyl (C=O) groups excluding carboxylic acids is 1. The standard InChI is InChI=1S/C9H6ClN3O/c10-9-7(12-4-5-13-9)8(14)6-2-1-3-11-6/h1-5,11H. The number of H-pyrrole nitrogens is 1. The van der Waals surface area contributed by atoms with Crippen LogP contribution < -0.4 is 0 Å². The van der Waals surface area contributed by atoms with E-state index in [1.54, 1.807) is 18.3 Å². The largest absolute Gasteiger partial charge is 0.358 e. The fraction of sp³-hybridized carbons (Fsp3) is 0. The molecule has 2 rings (SSSR count). The van der Waals surface area contributed by atoms with E-state index in [-0.39, 0.29) is 16.6 Å². The third-order valence-corrected chi connectivity index (χ3v) is 1.99. The number of aromatic nitrogens is 3. The van der Waals surface area contributed by atoms with Crippen LogP contribution in [0.5, 0.6) is 0 Å². The van der Waals surface area contributed by atoms with Crippen LogP contribution >= 0.6 is 11.6 Å². The average molecular weight is 208 g/mol. The van der Waals surface area contributed by atoms with Crippen molar-refractivity contribution in [1.82, 2.24) is 15.0 Å².